The molecule has 0 saturated heterocycles. The quantitative estimate of drug-likeness (QED) is 0.777. The summed E-state index contributed by atoms with van der Waals surface area (Å²) in [6.07, 6.45) is 5.94. The van der Waals surface area contributed by atoms with Gasteiger partial charge in [-0.3, -0.25) is 0 Å². The van der Waals surface area contributed by atoms with Crippen molar-refractivity contribution in [3.05, 3.63) is 22.7 Å². The van der Waals surface area contributed by atoms with Gasteiger partial charge in [0.2, 0.25) is 0 Å². The minimum atomic E-state index is 0.0776. The lowest BCUT2D eigenvalue weighted by atomic mass is 10.1. The smallest absolute Gasteiger partial charge is 0.135 e. The third-order valence-corrected chi connectivity index (χ3v) is 3.04. The molecule has 0 atom stereocenters. The fraction of sp³-hybridized carbons (Fsp3) is 0.600. The van der Waals surface area contributed by atoms with E-state index in [1.165, 1.54) is 0 Å². The number of hydrogen-bond acceptors (Lipinski definition) is 3. The molecular weight excluding hydrogens is 198 g/mol. The van der Waals surface area contributed by atoms with Gasteiger partial charge in [0, 0.05) is 17.3 Å². The lowest BCUT2D eigenvalue weighted by Gasteiger charge is -2.08. The number of aromatic nitrogens is 2. The van der Waals surface area contributed by atoms with Crippen molar-refractivity contribution in [1.29, 1.82) is 0 Å². The van der Waals surface area contributed by atoms with E-state index in [9.17, 15) is 0 Å². The van der Waals surface area contributed by atoms with E-state index in [2.05, 4.69) is 9.97 Å². The summed E-state index contributed by atoms with van der Waals surface area (Å²) in [6.45, 7) is 1.83. The van der Waals surface area contributed by atoms with Gasteiger partial charge in [0.25, 0.3) is 0 Å². The Hall–Kier alpha value is -0.670. The largest absolute Gasteiger partial charge is 0.325 e. The molecule has 0 unspecified atom stereocenters. The van der Waals surface area contributed by atoms with E-state index >= 15 is 0 Å². The highest BCUT2D eigenvalue weighted by Crippen LogP contribution is 2.36. The van der Waals surface area contributed by atoms with Crippen molar-refractivity contribution in [3.63, 3.8) is 0 Å². The monoisotopic (exact) mass is 211 g/mol. The molecule has 3 nitrogen and oxygen atoms in total. The first-order chi connectivity index (χ1) is 6.59. The van der Waals surface area contributed by atoms with Crippen molar-refractivity contribution >= 4 is 11.6 Å². The predicted molar refractivity (Wildman–Crippen MR) is 56.3 cm³/mol. The van der Waals surface area contributed by atoms with Crippen LogP contribution in [-0.2, 0) is 6.42 Å². The van der Waals surface area contributed by atoms with Crippen LogP contribution < -0.4 is 5.73 Å². The molecule has 76 valence electrons. The van der Waals surface area contributed by atoms with Crippen molar-refractivity contribution < 1.29 is 0 Å². The molecule has 1 aliphatic carbocycles. The molecule has 0 radical (unpaired) electrons. The molecule has 1 saturated carbocycles. The number of rotatable bonds is 3. The van der Waals surface area contributed by atoms with Crippen molar-refractivity contribution in [3.8, 4) is 0 Å². The van der Waals surface area contributed by atoms with E-state index in [1.54, 1.807) is 6.20 Å². The van der Waals surface area contributed by atoms with Crippen molar-refractivity contribution in [1.82, 2.24) is 9.97 Å². The summed E-state index contributed by atoms with van der Waals surface area (Å²) in [7, 11) is 0. The number of halogens is 1. The molecular formula is C10H14ClN3. The van der Waals surface area contributed by atoms with Gasteiger partial charge in [0.15, 0.2) is 0 Å². The average molecular weight is 212 g/mol. The Morgan fingerprint density at radius 2 is 2.29 bits per heavy atom. The van der Waals surface area contributed by atoms with E-state index < -0.39 is 0 Å². The highest BCUT2D eigenvalue weighted by atomic mass is 35.5. The number of aryl methyl sites for hydroxylation is 2. The second-order valence-electron chi connectivity index (χ2n) is 4.10. The minimum absolute atomic E-state index is 0.0776. The van der Waals surface area contributed by atoms with E-state index in [0.29, 0.717) is 11.0 Å². The van der Waals surface area contributed by atoms with Gasteiger partial charge in [0.05, 0.1) is 0 Å². The Morgan fingerprint density at radius 3 is 2.86 bits per heavy atom. The summed E-state index contributed by atoms with van der Waals surface area (Å²) >= 11 is 5.99. The van der Waals surface area contributed by atoms with E-state index in [0.717, 1.165) is 31.2 Å². The number of hydrogen-bond donors (Lipinski definition) is 1. The molecule has 2 rings (SSSR count). The number of nitrogens with two attached hydrogens (primary N) is 1. The molecule has 1 aliphatic rings. The van der Waals surface area contributed by atoms with Crippen LogP contribution in [0, 0.1) is 6.92 Å². The Bertz CT molecular complexity index is 347. The molecule has 1 heterocycles. The molecule has 0 amide bonds. The van der Waals surface area contributed by atoms with Crippen LogP contribution in [0.2, 0.25) is 5.15 Å². The van der Waals surface area contributed by atoms with Crippen molar-refractivity contribution in [2.45, 2.75) is 38.1 Å². The SMILES string of the molecule is Cc1ncc(CCC2(N)CC2)c(Cl)n1. The van der Waals surface area contributed by atoms with Crippen LogP contribution in [0.15, 0.2) is 6.20 Å². The van der Waals surface area contributed by atoms with Gasteiger partial charge in [0.1, 0.15) is 11.0 Å². The van der Waals surface area contributed by atoms with Gasteiger partial charge in [-0.25, -0.2) is 9.97 Å². The molecule has 0 aromatic carbocycles. The Morgan fingerprint density at radius 1 is 1.57 bits per heavy atom. The lowest BCUT2D eigenvalue weighted by molar-refractivity contribution is 0.607. The highest BCUT2D eigenvalue weighted by molar-refractivity contribution is 6.30. The van der Waals surface area contributed by atoms with Crippen LogP contribution in [0.5, 0.6) is 0 Å². The Labute approximate surface area is 88.7 Å². The van der Waals surface area contributed by atoms with Crippen LogP contribution in [0.1, 0.15) is 30.7 Å². The van der Waals surface area contributed by atoms with Crippen LogP contribution in [-0.4, -0.2) is 15.5 Å². The van der Waals surface area contributed by atoms with Crippen LogP contribution in [0.4, 0.5) is 0 Å². The molecule has 4 heteroatoms. The highest BCUT2D eigenvalue weighted by Gasteiger charge is 2.37. The maximum Gasteiger partial charge on any atom is 0.135 e. The van der Waals surface area contributed by atoms with Crippen LogP contribution in [0.3, 0.4) is 0 Å². The maximum absolute atomic E-state index is 5.99. The standard InChI is InChI=1S/C10H14ClN3/c1-7-13-6-8(9(11)14-7)2-3-10(12)4-5-10/h6H,2-5,12H2,1H3. The molecule has 1 aromatic heterocycles. The first-order valence-electron chi connectivity index (χ1n) is 4.86. The molecule has 0 bridgehead atoms. The summed E-state index contributed by atoms with van der Waals surface area (Å²) in [6, 6.07) is 0. The second-order valence-corrected chi connectivity index (χ2v) is 4.45. The van der Waals surface area contributed by atoms with Gasteiger partial charge in [-0.2, -0.15) is 0 Å². The third kappa shape index (κ3) is 2.22. The van der Waals surface area contributed by atoms with E-state index in [1.807, 2.05) is 6.92 Å². The lowest BCUT2D eigenvalue weighted by Crippen LogP contribution is -2.22. The zero-order valence-corrected chi connectivity index (χ0v) is 9.01. The molecule has 0 aliphatic heterocycles. The van der Waals surface area contributed by atoms with E-state index in [-0.39, 0.29) is 5.54 Å². The molecule has 2 N–H and O–H groups in total. The summed E-state index contributed by atoms with van der Waals surface area (Å²) in [5, 5.41) is 0.571. The molecule has 1 aromatic rings. The van der Waals surface area contributed by atoms with Gasteiger partial charge in [-0.15, -0.1) is 0 Å². The molecule has 0 spiro atoms. The molecule has 14 heavy (non-hydrogen) atoms. The van der Waals surface area contributed by atoms with Gasteiger partial charge in [-0.05, 0) is 32.6 Å². The Balaban J connectivity index is 2.02. The first-order valence-corrected chi connectivity index (χ1v) is 5.24. The zero-order valence-electron chi connectivity index (χ0n) is 8.26. The Kier molecular flexibility index (Phi) is 2.45. The summed E-state index contributed by atoms with van der Waals surface area (Å²) in [5.41, 5.74) is 7.08. The van der Waals surface area contributed by atoms with E-state index in [4.69, 9.17) is 17.3 Å². The summed E-state index contributed by atoms with van der Waals surface area (Å²) < 4.78 is 0. The zero-order chi connectivity index (χ0) is 10.2. The van der Waals surface area contributed by atoms with Crippen molar-refractivity contribution in [2.24, 2.45) is 5.73 Å². The second kappa shape index (κ2) is 3.48. The third-order valence-electron chi connectivity index (χ3n) is 2.72. The normalized spacial score (nSPS) is 18.2. The molecule has 1 fully saturated rings. The number of nitrogens with zero attached hydrogens (tertiary/aromatic N) is 2. The predicted octanol–water partition coefficient (Wildman–Crippen LogP) is 1.86. The fourth-order valence-electron chi connectivity index (χ4n) is 1.43. The summed E-state index contributed by atoms with van der Waals surface area (Å²) in [4.78, 5) is 8.23. The van der Waals surface area contributed by atoms with Crippen molar-refractivity contribution in [2.75, 3.05) is 0 Å². The minimum Gasteiger partial charge on any atom is -0.325 e. The summed E-state index contributed by atoms with van der Waals surface area (Å²) in [5.74, 6) is 0.715. The fourth-order valence-corrected chi connectivity index (χ4v) is 1.69. The van der Waals surface area contributed by atoms with Crippen LogP contribution in [0.25, 0.3) is 0 Å². The van der Waals surface area contributed by atoms with Gasteiger partial charge in [-0.1, -0.05) is 11.6 Å². The van der Waals surface area contributed by atoms with Gasteiger partial charge < -0.3 is 5.73 Å². The van der Waals surface area contributed by atoms with Gasteiger partial charge >= 0.3 is 0 Å². The topological polar surface area (TPSA) is 51.8 Å². The van der Waals surface area contributed by atoms with Crippen LogP contribution >= 0.6 is 11.6 Å². The average Bonchev–Trinajstić information content (AvgIpc) is 2.83. The first kappa shape index (κ1) is 9.87. The maximum atomic E-state index is 5.99.